The molecule has 2 rings (SSSR count). The molecular weight excluding hydrogens is 371 g/mol. The van der Waals surface area contributed by atoms with E-state index in [1.54, 1.807) is 11.4 Å². The second-order valence-corrected chi connectivity index (χ2v) is 6.19. The van der Waals surface area contributed by atoms with Gasteiger partial charge in [-0.15, -0.1) is 0 Å². The van der Waals surface area contributed by atoms with Gasteiger partial charge in [-0.25, -0.2) is 0 Å². The first kappa shape index (κ1) is 21.0. The zero-order valence-electron chi connectivity index (χ0n) is 15.4. The molecule has 8 heteroatoms. The lowest BCUT2D eigenvalue weighted by molar-refractivity contribution is -0.123. The average Bonchev–Trinajstić information content (AvgIpc) is 2.64. The number of hydrogen-bond acceptors (Lipinski definition) is 3. The SMILES string of the molecule is CN(C)c1ccc(/C=C/C(=O)Nc2cccc(C(=O)NCC(F)(F)F)c2)cc1. The standard InChI is InChI=1S/C20H20F3N3O2/c1-26(2)17-9-6-14(7-10-17)8-11-18(27)25-16-5-3-4-15(12-16)19(28)24-13-20(21,22)23/h3-12H,13H2,1-2H3,(H,24,28)(H,25,27)/b11-8+. The minimum absolute atomic E-state index is 0.0188. The van der Waals surface area contributed by atoms with Crippen LogP contribution in [0, 0.1) is 0 Å². The van der Waals surface area contributed by atoms with Crippen molar-refractivity contribution in [3.05, 3.63) is 65.7 Å². The Morgan fingerprint density at radius 1 is 1.07 bits per heavy atom. The molecule has 0 radical (unpaired) electrons. The second kappa shape index (κ2) is 9.07. The molecule has 0 fully saturated rings. The number of benzene rings is 2. The lowest BCUT2D eigenvalue weighted by Gasteiger charge is -2.11. The van der Waals surface area contributed by atoms with Crippen molar-refractivity contribution in [2.45, 2.75) is 6.18 Å². The van der Waals surface area contributed by atoms with Crippen LogP contribution in [-0.4, -0.2) is 38.6 Å². The predicted octanol–water partition coefficient (Wildman–Crippen LogP) is 3.70. The molecule has 2 amide bonds. The smallest absolute Gasteiger partial charge is 0.378 e. The van der Waals surface area contributed by atoms with Crippen molar-refractivity contribution in [3.63, 3.8) is 0 Å². The van der Waals surface area contributed by atoms with Crippen LogP contribution < -0.4 is 15.5 Å². The number of carbonyl (C=O) groups is 2. The summed E-state index contributed by atoms with van der Waals surface area (Å²) in [4.78, 5) is 25.8. The van der Waals surface area contributed by atoms with Crippen LogP contribution >= 0.6 is 0 Å². The molecule has 0 unspecified atom stereocenters. The maximum atomic E-state index is 12.2. The van der Waals surface area contributed by atoms with Gasteiger partial charge in [0.2, 0.25) is 5.91 Å². The van der Waals surface area contributed by atoms with E-state index in [4.69, 9.17) is 0 Å². The lowest BCUT2D eigenvalue weighted by atomic mass is 10.1. The van der Waals surface area contributed by atoms with Gasteiger partial charge in [-0.1, -0.05) is 18.2 Å². The van der Waals surface area contributed by atoms with E-state index < -0.39 is 24.5 Å². The lowest BCUT2D eigenvalue weighted by Crippen LogP contribution is -2.33. The van der Waals surface area contributed by atoms with Crippen molar-refractivity contribution < 1.29 is 22.8 Å². The number of nitrogens with one attached hydrogen (secondary N) is 2. The fourth-order valence-corrected chi connectivity index (χ4v) is 2.26. The Balaban J connectivity index is 1.97. The number of hydrogen-bond donors (Lipinski definition) is 2. The molecule has 0 spiro atoms. The van der Waals surface area contributed by atoms with Crippen LogP contribution in [0.2, 0.25) is 0 Å². The zero-order chi connectivity index (χ0) is 20.7. The first-order chi connectivity index (χ1) is 13.1. The summed E-state index contributed by atoms with van der Waals surface area (Å²) in [5.74, 6) is -1.30. The van der Waals surface area contributed by atoms with E-state index in [0.29, 0.717) is 5.69 Å². The molecule has 0 aromatic heterocycles. The van der Waals surface area contributed by atoms with Crippen molar-refractivity contribution in [3.8, 4) is 0 Å². The van der Waals surface area contributed by atoms with Gasteiger partial charge in [0.15, 0.2) is 0 Å². The van der Waals surface area contributed by atoms with Crippen LogP contribution in [0.4, 0.5) is 24.5 Å². The minimum Gasteiger partial charge on any atom is -0.378 e. The summed E-state index contributed by atoms with van der Waals surface area (Å²) < 4.78 is 36.6. The number of carbonyl (C=O) groups excluding carboxylic acids is 2. The van der Waals surface area contributed by atoms with E-state index in [1.165, 1.54) is 30.3 Å². The van der Waals surface area contributed by atoms with Gasteiger partial charge in [-0.05, 0) is 42.0 Å². The number of halogens is 3. The summed E-state index contributed by atoms with van der Waals surface area (Å²) in [6.45, 7) is -1.42. The molecule has 0 aliphatic carbocycles. The monoisotopic (exact) mass is 391 g/mol. The van der Waals surface area contributed by atoms with Gasteiger partial charge in [-0.3, -0.25) is 9.59 Å². The summed E-state index contributed by atoms with van der Waals surface area (Å²) in [5.41, 5.74) is 2.19. The number of alkyl halides is 3. The van der Waals surface area contributed by atoms with Crippen LogP contribution in [0.5, 0.6) is 0 Å². The van der Waals surface area contributed by atoms with E-state index >= 15 is 0 Å². The summed E-state index contributed by atoms with van der Waals surface area (Å²) in [7, 11) is 3.85. The highest BCUT2D eigenvalue weighted by Crippen LogP contribution is 2.15. The summed E-state index contributed by atoms with van der Waals surface area (Å²) in [6.07, 6.45) is -1.52. The first-order valence-corrected chi connectivity index (χ1v) is 8.35. The molecule has 0 aliphatic rings. The van der Waals surface area contributed by atoms with Gasteiger partial charge in [0.05, 0.1) is 0 Å². The van der Waals surface area contributed by atoms with Crippen molar-refractivity contribution in [2.24, 2.45) is 0 Å². The van der Waals surface area contributed by atoms with Crippen molar-refractivity contribution in [1.82, 2.24) is 5.32 Å². The van der Waals surface area contributed by atoms with E-state index in [9.17, 15) is 22.8 Å². The largest absolute Gasteiger partial charge is 0.405 e. The third kappa shape index (κ3) is 6.79. The molecule has 0 saturated heterocycles. The average molecular weight is 391 g/mol. The Hall–Kier alpha value is -3.29. The fourth-order valence-electron chi connectivity index (χ4n) is 2.26. The number of amides is 2. The quantitative estimate of drug-likeness (QED) is 0.739. The normalized spacial score (nSPS) is 11.3. The molecule has 0 bridgehead atoms. The van der Waals surface area contributed by atoms with Gasteiger partial charge in [0, 0.05) is 37.1 Å². The van der Waals surface area contributed by atoms with Gasteiger partial charge in [0.1, 0.15) is 6.54 Å². The number of nitrogens with zero attached hydrogens (tertiary/aromatic N) is 1. The van der Waals surface area contributed by atoms with Crippen molar-refractivity contribution in [2.75, 3.05) is 30.9 Å². The van der Waals surface area contributed by atoms with Crippen LogP contribution in [0.15, 0.2) is 54.6 Å². The molecule has 5 nitrogen and oxygen atoms in total. The van der Waals surface area contributed by atoms with E-state index in [0.717, 1.165) is 11.3 Å². The summed E-state index contributed by atoms with van der Waals surface area (Å²) in [6, 6.07) is 13.3. The molecule has 2 N–H and O–H groups in total. The fraction of sp³-hybridized carbons (Fsp3) is 0.200. The van der Waals surface area contributed by atoms with E-state index in [-0.39, 0.29) is 5.56 Å². The topological polar surface area (TPSA) is 61.4 Å². The molecule has 148 valence electrons. The molecule has 0 saturated carbocycles. The summed E-state index contributed by atoms with van der Waals surface area (Å²) in [5, 5.41) is 4.36. The maximum absolute atomic E-state index is 12.2. The van der Waals surface area contributed by atoms with Gasteiger partial charge >= 0.3 is 6.18 Å². The van der Waals surface area contributed by atoms with Gasteiger partial charge in [0.25, 0.3) is 5.91 Å². The van der Waals surface area contributed by atoms with Gasteiger partial charge < -0.3 is 15.5 Å². The highest BCUT2D eigenvalue weighted by atomic mass is 19.4. The van der Waals surface area contributed by atoms with Gasteiger partial charge in [-0.2, -0.15) is 13.2 Å². The molecule has 2 aromatic rings. The molecule has 0 heterocycles. The van der Waals surface area contributed by atoms with Crippen LogP contribution in [0.1, 0.15) is 15.9 Å². The van der Waals surface area contributed by atoms with Crippen LogP contribution in [0.25, 0.3) is 6.08 Å². The Labute approximate surface area is 160 Å². The number of anilines is 2. The van der Waals surface area contributed by atoms with Crippen LogP contribution in [0.3, 0.4) is 0 Å². The highest BCUT2D eigenvalue weighted by Gasteiger charge is 2.27. The van der Waals surface area contributed by atoms with Crippen molar-refractivity contribution >= 4 is 29.3 Å². The van der Waals surface area contributed by atoms with Crippen LogP contribution in [-0.2, 0) is 4.79 Å². The zero-order valence-corrected chi connectivity index (χ0v) is 15.4. The molecule has 28 heavy (non-hydrogen) atoms. The minimum atomic E-state index is -4.49. The van der Waals surface area contributed by atoms with E-state index in [1.807, 2.05) is 43.3 Å². The predicted molar refractivity (Wildman–Crippen MR) is 103 cm³/mol. The third-order valence-electron chi connectivity index (χ3n) is 3.68. The van der Waals surface area contributed by atoms with E-state index in [2.05, 4.69) is 5.32 Å². The molecular formula is C20H20F3N3O2. The Bertz CT molecular complexity index is 860. The highest BCUT2D eigenvalue weighted by molar-refractivity contribution is 6.03. The third-order valence-corrected chi connectivity index (χ3v) is 3.68. The molecule has 2 aromatic carbocycles. The molecule has 0 aliphatic heterocycles. The molecule has 0 atom stereocenters. The number of rotatable bonds is 6. The first-order valence-electron chi connectivity index (χ1n) is 8.35. The Kier molecular flexibility index (Phi) is 6.81. The van der Waals surface area contributed by atoms with Crippen molar-refractivity contribution in [1.29, 1.82) is 0 Å². The second-order valence-electron chi connectivity index (χ2n) is 6.19. The Morgan fingerprint density at radius 3 is 2.36 bits per heavy atom. The summed E-state index contributed by atoms with van der Waals surface area (Å²) >= 11 is 0. The maximum Gasteiger partial charge on any atom is 0.405 e. The Morgan fingerprint density at radius 2 is 1.75 bits per heavy atom.